The van der Waals surface area contributed by atoms with E-state index >= 15 is 0 Å². The Balaban J connectivity index is 1.84. The van der Waals surface area contributed by atoms with Crippen LogP contribution >= 0.6 is 11.3 Å². The van der Waals surface area contributed by atoms with Crippen molar-refractivity contribution in [1.82, 2.24) is 19.3 Å². The number of alkyl halides is 3. The van der Waals surface area contributed by atoms with E-state index in [0.29, 0.717) is 35.9 Å². The van der Waals surface area contributed by atoms with Crippen molar-refractivity contribution in [3.05, 3.63) is 18.0 Å². The minimum atomic E-state index is -4.60. The maximum Gasteiger partial charge on any atom is 0.420 e. The molecule has 3 rings (SSSR count). The van der Waals surface area contributed by atoms with Crippen molar-refractivity contribution in [3.63, 3.8) is 0 Å². The summed E-state index contributed by atoms with van der Waals surface area (Å²) in [5, 5.41) is 3.60. The zero-order chi connectivity index (χ0) is 21.4. The van der Waals surface area contributed by atoms with Gasteiger partial charge in [-0.3, -0.25) is 0 Å². The fourth-order valence-electron chi connectivity index (χ4n) is 2.94. The van der Waals surface area contributed by atoms with E-state index in [-0.39, 0.29) is 17.7 Å². The molecule has 13 heteroatoms. The van der Waals surface area contributed by atoms with Gasteiger partial charge in [0, 0.05) is 45.6 Å². The maximum absolute atomic E-state index is 13.5. The summed E-state index contributed by atoms with van der Waals surface area (Å²) in [5.74, 6) is 0.0746. The predicted molar refractivity (Wildman–Crippen MR) is 106 cm³/mol. The number of thiazole rings is 1. The second-order valence-corrected chi connectivity index (χ2v) is 9.93. The maximum atomic E-state index is 13.5. The van der Waals surface area contributed by atoms with Gasteiger partial charge in [-0.15, -0.1) is 0 Å². The average molecular weight is 451 g/mol. The van der Waals surface area contributed by atoms with Crippen LogP contribution in [0.25, 0.3) is 10.6 Å². The number of piperidine rings is 1. The van der Waals surface area contributed by atoms with Gasteiger partial charge in [0.25, 0.3) is 0 Å². The summed E-state index contributed by atoms with van der Waals surface area (Å²) in [6.07, 6.45) is -0.284. The van der Waals surface area contributed by atoms with Crippen molar-refractivity contribution in [2.45, 2.75) is 25.1 Å². The van der Waals surface area contributed by atoms with Crippen LogP contribution in [0.4, 0.5) is 24.3 Å². The Morgan fingerprint density at radius 1 is 1.21 bits per heavy atom. The highest BCUT2D eigenvalue weighted by Gasteiger charge is 2.36. The number of hydrogen-bond donors (Lipinski definition) is 1. The molecule has 0 atom stereocenters. The van der Waals surface area contributed by atoms with Crippen LogP contribution in [-0.4, -0.2) is 67.2 Å². The Morgan fingerprint density at radius 3 is 2.38 bits per heavy atom. The summed E-state index contributed by atoms with van der Waals surface area (Å²) >= 11 is 1.11. The van der Waals surface area contributed by atoms with Crippen molar-refractivity contribution in [1.29, 1.82) is 0 Å². The molecule has 1 aliphatic rings. The first-order chi connectivity index (χ1) is 13.4. The number of anilines is 2. The van der Waals surface area contributed by atoms with Crippen LogP contribution in [0.1, 0.15) is 18.4 Å². The molecule has 0 bridgehead atoms. The van der Waals surface area contributed by atoms with Crippen LogP contribution in [0.5, 0.6) is 0 Å². The molecule has 0 aromatic carbocycles. The molecule has 1 N–H and O–H groups in total. The van der Waals surface area contributed by atoms with E-state index in [4.69, 9.17) is 0 Å². The molecule has 2 aromatic heterocycles. The molecule has 2 aromatic rings. The lowest BCUT2D eigenvalue weighted by molar-refractivity contribution is -0.137. The topological polar surface area (TPSA) is 91.3 Å². The summed E-state index contributed by atoms with van der Waals surface area (Å²) in [4.78, 5) is 14.1. The third-order valence-corrected chi connectivity index (χ3v) is 6.93. The third-order valence-electron chi connectivity index (χ3n) is 4.46. The number of hydrogen-bond acceptors (Lipinski definition) is 8. The second-order valence-electron chi connectivity index (χ2n) is 6.94. The van der Waals surface area contributed by atoms with Crippen LogP contribution < -0.4 is 10.2 Å². The summed E-state index contributed by atoms with van der Waals surface area (Å²) in [7, 11) is 0.254. The van der Waals surface area contributed by atoms with Gasteiger partial charge in [-0.05, 0) is 12.8 Å². The van der Waals surface area contributed by atoms with Gasteiger partial charge < -0.3 is 10.2 Å². The predicted octanol–water partition coefficient (Wildman–Crippen LogP) is 2.52. The van der Waals surface area contributed by atoms with Crippen LogP contribution in [0.2, 0.25) is 0 Å². The van der Waals surface area contributed by atoms with E-state index in [1.54, 1.807) is 19.0 Å². The summed E-state index contributed by atoms with van der Waals surface area (Å²) in [6.45, 7) is 0.677. The SMILES string of the molecule is CN(C)c1ncc(-c2nc(NC3CCN(S(C)(=O)=O)CC3)ncc2C(F)(F)F)s1. The number of halogens is 3. The number of aromatic nitrogens is 3. The van der Waals surface area contributed by atoms with Gasteiger partial charge in [-0.2, -0.15) is 13.2 Å². The third kappa shape index (κ3) is 5.14. The summed E-state index contributed by atoms with van der Waals surface area (Å²) in [5.41, 5.74) is -1.15. The minimum absolute atomic E-state index is 0.0746. The zero-order valence-corrected chi connectivity index (χ0v) is 17.7. The van der Waals surface area contributed by atoms with Crippen molar-refractivity contribution < 1.29 is 21.6 Å². The van der Waals surface area contributed by atoms with Gasteiger partial charge in [0.1, 0.15) is 5.56 Å². The highest BCUT2D eigenvalue weighted by molar-refractivity contribution is 7.88. The van der Waals surface area contributed by atoms with Gasteiger partial charge in [0.2, 0.25) is 16.0 Å². The fourth-order valence-corrected chi connectivity index (χ4v) is 4.66. The minimum Gasteiger partial charge on any atom is -0.354 e. The lowest BCUT2D eigenvalue weighted by atomic mass is 10.1. The molecule has 0 amide bonds. The van der Waals surface area contributed by atoms with E-state index in [2.05, 4.69) is 20.3 Å². The lowest BCUT2D eigenvalue weighted by Gasteiger charge is -2.30. The largest absolute Gasteiger partial charge is 0.420 e. The second kappa shape index (κ2) is 8.03. The molecular weight excluding hydrogens is 429 g/mol. The summed E-state index contributed by atoms with van der Waals surface area (Å²) < 4.78 is 64.9. The highest BCUT2D eigenvalue weighted by Crippen LogP contribution is 2.39. The molecule has 1 aliphatic heterocycles. The fraction of sp³-hybridized carbons (Fsp3) is 0.562. The van der Waals surface area contributed by atoms with Crippen LogP contribution in [0, 0.1) is 0 Å². The Morgan fingerprint density at radius 2 is 1.86 bits per heavy atom. The van der Waals surface area contributed by atoms with Gasteiger partial charge in [-0.25, -0.2) is 27.7 Å². The molecule has 0 unspecified atom stereocenters. The van der Waals surface area contributed by atoms with E-state index in [9.17, 15) is 21.6 Å². The molecule has 160 valence electrons. The molecule has 1 fully saturated rings. The van der Waals surface area contributed by atoms with Crippen LogP contribution in [0.3, 0.4) is 0 Å². The first-order valence-electron chi connectivity index (χ1n) is 8.74. The van der Waals surface area contributed by atoms with Gasteiger partial charge in [0.05, 0.1) is 16.8 Å². The van der Waals surface area contributed by atoms with Crippen molar-refractivity contribution >= 4 is 32.4 Å². The van der Waals surface area contributed by atoms with Crippen molar-refractivity contribution in [3.8, 4) is 10.6 Å². The Hall–Kier alpha value is -1.99. The normalized spacial score (nSPS) is 16.8. The van der Waals surface area contributed by atoms with Crippen molar-refractivity contribution in [2.24, 2.45) is 0 Å². The number of sulfonamides is 1. The van der Waals surface area contributed by atoms with Crippen molar-refractivity contribution in [2.75, 3.05) is 43.7 Å². The van der Waals surface area contributed by atoms with E-state index in [0.717, 1.165) is 23.8 Å². The number of nitrogens with zero attached hydrogens (tertiary/aromatic N) is 5. The quantitative estimate of drug-likeness (QED) is 0.748. The first kappa shape index (κ1) is 21.7. The molecular formula is C16H21F3N6O2S2. The number of rotatable bonds is 5. The lowest BCUT2D eigenvalue weighted by Crippen LogP contribution is -2.42. The monoisotopic (exact) mass is 450 g/mol. The average Bonchev–Trinajstić information content (AvgIpc) is 3.11. The molecule has 8 nitrogen and oxygen atoms in total. The van der Waals surface area contributed by atoms with E-state index in [1.165, 1.54) is 10.5 Å². The molecule has 29 heavy (non-hydrogen) atoms. The smallest absolute Gasteiger partial charge is 0.354 e. The molecule has 0 saturated carbocycles. The van der Waals surface area contributed by atoms with Gasteiger partial charge >= 0.3 is 6.18 Å². The van der Waals surface area contributed by atoms with Crippen LogP contribution in [0.15, 0.2) is 12.4 Å². The number of nitrogens with one attached hydrogen (secondary N) is 1. The Bertz CT molecular complexity index is 969. The van der Waals surface area contributed by atoms with Gasteiger partial charge in [0.15, 0.2) is 5.13 Å². The Kier molecular flexibility index (Phi) is 6.01. The standard InChI is InChI=1S/C16H21F3N6O2S2/c1-24(2)15-21-9-12(28-15)13-11(16(17,18)19)8-20-14(23-13)22-10-4-6-25(7-5-10)29(3,26)27/h8-10H,4-7H2,1-3H3,(H,20,22,23). The van der Waals surface area contributed by atoms with Crippen LogP contribution in [-0.2, 0) is 16.2 Å². The molecule has 1 saturated heterocycles. The summed E-state index contributed by atoms with van der Waals surface area (Å²) in [6, 6.07) is -0.128. The zero-order valence-electron chi connectivity index (χ0n) is 16.1. The Labute approximate surface area is 170 Å². The highest BCUT2D eigenvalue weighted by atomic mass is 32.2. The van der Waals surface area contributed by atoms with E-state index in [1.807, 2.05) is 0 Å². The first-order valence-corrected chi connectivity index (χ1v) is 11.4. The molecule has 0 aliphatic carbocycles. The van der Waals surface area contributed by atoms with E-state index < -0.39 is 21.8 Å². The molecule has 3 heterocycles. The molecule has 0 radical (unpaired) electrons. The van der Waals surface area contributed by atoms with Gasteiger partial charge in [-0.1, -0.05) is 11.3 Å². The molecule has 0 spiro atoms.